The van der Waals surface area contributed by atoms with Gasteiger partial charge in [-0.2, -0.15) is 0 Å². The van der Waals surface area contributed by atoms with E-state index in [0.717, 1.165) is 34.6 Å². The average molecular weight is 557 g/mol. The zero-order valence-corrected chi connectivity index (χ0v) is 23.0. The molecule has 8 nitrogen and oxygen atoms in total. The highest BCUT2D eigenvalue weighted by Gasteiger charge is 2.37. The van der Waals surface area contributed by atoms with E-state index in [4.69, 9.17) is 11.6 Å². The van der Waals surface area contributed by atoms with Crippen molar-refractivity contribution in [2.24, 2.45) is 0 Å². The van der Waals surface area contributed by atoms with Crippen molar-refractivity contribution in [1.82, 2.24) is 9.47 Å². The SMILES string of the molecule is CCCCN(CC(=O)N1c2ccccc2-n2cccc2C1c1cccc(C)c1)C(=O)c1ccc(Cl)c([N+](=O)[O-])c1. The number of benzene rings is 3. The number of aryl methyl sites for hydroxylation is 1. The highest BCUT2D eigenvalue weighted by atomic mass is 35.5. The second kappa shape index (κ2) is 11.4. The zero-order chi connectivity index (χ0) is 28.4. The van der Waals surface area contributed by atoms with Gasteiger partial charge >= 0.3 is 0 Å². The number of carbonyl (C=O) groups is 2. The highest BCUT2D eigenvalue weighted by Crippen LogP contribution is 2.42. The van der Waals surface area contributed by atoms with Gasteiger partial charge in [0.25, 0.3) is 11.6 Å². The first-order chi connectivity index (χ1) is 19.3. The molecule has 0 saturated carbocycles. The Morgan fingerprint density at radius 3 is 2.50 bits per heavy atom. The molecule has 0 saturated heterocycles. The van der Waals surface area contributed by atoms with Gasteiger partial charge in [0.2, 0.25) is 5.91 Å². The van der Waals surface area contributed by atoms with Crippen molar-refractivity contribution in [2.75, 3.05) is 18.0 Å². The molecule has 9 heteroatoms. The maximum absolute atomic E-state index is 14.3. The van der Waals surface area contributed by atoms with Crippen molar-refractivity contribution in [2.45, 2.75) is 32.7 Å². The molecule has 40 heavy (non-hydrogen) atoms. The average Bonchev–Trinajstić information content (AvgIpc) is 3.44. The van der Waals surface area contributed by atoms with Crippen molar-refractivity contribution >= 4 is 34.8 Å². The molecule has 0 radical (unpaired) electrons. The third-order valence-corrected chi connectivity index (χ3v) is 7.45. The van der Waals surface area contributed by atoms with Crippen LogP contribution in [0.25, 0.3) is 5.69 Å². The van der Waals surface area contributed by atoms with Gasteiger partial charge in [0.15, 0.2) is 0 Å². The van der Waals surface area contributed by atoms with Crippen molar-refractivity contribution in [3.8, 4) is 5.69 Å². The summed E-state index contributed by atoms with van der Waals surface area (Å²) in [6, 6.07) is 23.3. The molecule has 1 aliphatic rings. The summed E-state index contributed by atoms with van der Waals surface area (Å²) in [7, 11) is 0. The minimum Gasteiger partial charge on any atom is -0.329 e. The Morgan fingerprint density at radius 2 is 1.77 bits per heavy atom. The maximum Gasteiger partial charge on any atom is 0.288 e. The number of aromatic nitrogens is 1. The molecule has 0 aliphatic carbocycles. The lowest BCUT2D eigenvalue weighted by Crippen LogP contribution is -2.47. The molecule has 1 aliphatic heterocycles. The molecule has 1 atom stereocenters. The zero-order valence-electron chi connectivity index (χ0n) is 22.3. The van der Waals surface area contributed by atoms with Crippen LogP contribution in [-0.2, 0) is 4.79 Å². The summed E-state index contributed by atoms with van der Waals surface area (Å²) in [6.07, 6.45) is 3.48. The van der Waals surface area contributed by atoms with E-state index in [2.05, 4.69) is 10.6 Å². The number of hydrogen-bond donors (Lipinski definition) is 0. The molecule has 1 aromatic heterocycles. The Balaban J connectivity index is 1.55. The summed E-state index contributed by atoms with van der Waals surface area (Å²) in [5.41, 5.74) is 4.36. The molecule has 0 spiro atoms. The molecule has 4 aromatic rings. The number of nitro groups is 1. The molecule has 2 heterocycles. The summed E-state index contributed by atoms with van der Waals surface area (Å²) >= 11 is 5.98. The summed E-state index contributed by atoms with van der Waals surface area (Å²) in [4.78, 5) is 42.0. The second-order valence-corrected chi connectivity index (χ2v) is 10.3. The number of hydrogen-bond acceptors (Lipinski definition) is 4. The Bertz CT molecular complexity index is 1600. The first-order valence-corrected chi connectivity index (χ1v) is 13.6. The van der Waals surface area contributed by atoms with Crippen LogP contribution in [-0.4, -0.2) is 39.3 Å². The van der Waals surface area contributed by atoms with E-state index in [9.17, 15) is 19.7 Å². The Kier molecular flexibility index (Phi) is 7.71. The van der Waals surface area contributed by atoms with Gasteiger partial charge in [-0.15, -0.1) is 0 Å². The number of nitro benzene ring substituents is 1. The number of unbranched alkanes of at least 4 members (excludes halogenated alkanes) is 1. The van der Waals surface area contributed by atoms with Gasteiger partial charge in [0.05, 0.1) is 22.0 Å². The van der Waals surface area contributed by atoms with Crippen LogP contribution in [0.5, 0.6) is 0 Å². The Morgan fingerprint density at radius 1 is 1.00 bits per heavy atom. The van der Waals surface area contributed by atoms with E-state index in [-0.39, 0.29) is 28.7 Å². The standard InChI is InChI=1S/C31H29ClN4O4/c1-3-4-16-33(31(38)23-14-15-24(32)28(19-23)36(39)40)20-29(37)35-26-12-6-5-11-25(26)34-17-8-13-27(34)30(35)22-10-7-9-21(2)18-22/h5-15,17-19,30H,3-4,16,20H2,1-2H3. The molecule has 0 bridgehead atoms. The van der Waals surface area contributed by atoms with Crippen LogP contribution in [0.4, 0.5) is 11.4 Å². The molecular formula is C31H29ClN4O4. The highest BCUT2D eigenvalue weighted by molar-refractivity contribution is 6.32. The van der Waals surface area contributed by atoms with Crippen LogP contribution in [0.1, 0.15) is 53.0 Å². The number of amides is 2. The Hall–Kier alpha value is -4.43. The molecule has 0 N–H and O–H groups in total. The van der Waals surface area contributed by atoms with Gasteiger partial charge in [-0.3, -0.25) is 24.6 Å². The minimum absolute atomic E-state index is 0.0494. The molecule has 5 rings (SSSR count). The van der Waals surface area contributed by atoms with Gasteiger partial charge in [-0.25, -0.2) is 0 Å². The predicted molar refractivity (Wildman–Crippen MR) is 155 cm³/mol. The Labute approximate surface area is 237 Å². The first kappa shape index (κ1) is 27.1. The summed E-state index contributed by atoms with van der Waals surface area (Å²) in [5, 5.41) is 11.4. The van der Waals surface area contributed by atoms with Gasteiger partial charge in [-0.1, -0.05) is 66.9 Å². The monoisotopic (exact) mass is 556 g/mol. The molecule has 3 aromatic carbocycles. The lowest BCUT2D eigenvalue weighted by Gasteiger charge is -2.39. The van der Waals surface area contributed by atoms with Gasteiger partial charge in [0.1, 0.15) is 17.6 Å². The van der Waals surface area contributed by atoms with Gasteiger partial charge < -0.3 is 9.47 Å². The fraction of sp³-hybridized carbons (Fsp3) is 0.226. The topological polar surface area (TPSA) is 88.7 Å². The van der Waals surface area contributed by atoms with E-state index in [0.29, 0.717) is 13.0 Å². The number of para-hydroxylation sites is 2. The number of carbonyl (C=O) groups excluding carboxylic acids is 2. The minimum atomic E-state index is -0.618. The fourth-order valence-corrected chi connectivity index (χ4v) is 5.41. The number of rotatable bonds is 8. The normalized spacial score (nSPS) is 13.9. The lowest BCUT2D eigenvalue weighted by atomic mass is 9.96. The molecular weight excluding hydrogens is 528 g/mol. The number of fused-ring (bicyclic) bond motifs is 3. The van der Waals surface area contributed by atoms with E-state index in [1.807, 2.05) is 74.6 Å². The van der Waals surface area contributed by atoms with Crippen LogP contribution in [0.3, 0.4) is 0 Å². The molecule has 1 unspecified atom stereocenters. The summed E-state index contributed by atoms with van der Waals surface area (Å²) in [6.45, 7) is 4.16. The second-order valence-electron chi connectivity index (χ2n) is 9.88. The fourth-order valence-electron chi connectivity index (χ4n) is 5.23. The number of nitrogens with zero attached hydrogens (tertiary/aromatic N) is 4. The first-order valence-electron chi connectivity index (χ1n) is 13.2. The van der Waals surface area contributed by atoms with Crippen LogP contribution < -0.4 is 4.90 Å². The smallest absolute Gasteiger partial charge is 0.288 e. The van der Waals surface area contributed by atoms with Gasteiger partial charge in [-0.05, 0) is 55.3 Å². The number of halogens is 1. The van der Waals surface area contributed by atoms with Crippen LogP contribution in [0.15, 0.2) is 85.1 Å². The van der Waals surface area contributed by atoms with Crippen LogP contribution in [0, 0.1) is 17.0 Å². The quantitative estimate of drug-likeness (QED) is 0.178. The largest absolute Gasteiger partial charge is 0.329 e. The van der Waals surface area contributed by atoms with Crippen molar-refractivity contribution in [3.05, 3.63) is 123 Å². The van der Waals surface area contributed by atoms with E-state index < -0.39 is 16.9 Å². The van der Waals surface area contributed by atoms with Crippen molar-refractivity contribution in [1.29, 1.82) is 0 Å². The van der Waals surface area contributed by atoms with Crippen LogP contribution >= 0.6 is 11.6 Å². The lowest BCUT2D eigenvalue weighted by molar-refractivity contribution is -0.384. The summed E-state index contributed by atoms with van der Waals surface area (Å²) < 4.78 is 2.10. The number of anilines is 1. The third-order valence-electron chi connectivity index (χ3n) is 7.13. The van der Waals surface area contributed by atoms with E-state index >= 15 is 0 Å². The molecule has 204 valence electrons. The summed E-state index contributed by atoms with van der Waals surface area (Å²) in [5.74, 6) is -0.707. The van der Waals surface area contributed by atoms with Crippen molar-refractivity contribution in [3.63, 3.8) is 0 Å². The predicted octanol–water partition coefficient (Wildman–Crippen LogP) is 6.73. The molecule has 0 fully saturated rings. The van der Waals surface area contributed by atoms with E-state index in [1.54, 1.807) is 4.90 Å². The van der Waals surface area contributed by atoms with Gasteiger partial charge in [0, 0.05) is 24.4 Å². The maximum atomic E-state index is 14.3. The van der Waals surface area contributed by atoms with Crippen molar-refractivity contribution < 1.29 is 14.5 Å². The molecule has 2 amide bonds. The van der Waals surface area contributed by atoms with Crippen LogP contribution in [0.2, 0.25) is 5.02 Å². The third kappa shape index (κ3) is 5.10. The van der Waals surface area contributed by atoms with E-state index in [1.165, 1.54) is 23.1 Å².